The number of rotatable bonds is 10. The van der Waals surface area contributed by atoms with Crippen molar-refractivity contribution in [2.45, 2.75) is 44.6 Å². The Morgan fingerprint density at radius 3 is 1.73 bits per heavy atom. The molecule has 1 aliphatic rings. The molecule has 3 aromatic carbocycles. The molecule has 0 amide bonds. The van der Waals surface area contributed by atoms with Gasteiger partial charge in [0.25, 0.3) is 0 Å². The normalized spacial score (nSPS) is 22.9. The smallest absolute Gasteiger partial charge is 0.166 e. The van der Waals surface area contributed by atoms with Crippen LogP contribution in [-0.2, 0) is 38.8 Å². The Morgan fingerprint density at radius 1 is 0.697 bits per heavy atom. The molecule has 5 nitrogen and oxygen atoms in total. The summed E-state index contributed by atoms with van der Waals surface area (Å²) in [5.74, 6) is -0.522. The highest BCUT2D eigenvalue weighted by molar-refractivity contribution is 5.85. The number of aliphatic hydroxyl groups excluding tert-OH is 1. The zero-order valence-corrected chi connectivity index (χ0v) is 18.6. The average molecular weight is 447 g/mol. The van der Waals surface area contributed by atoms with Crippen LogP contribution in [0.2, 0.25) is 0 Å². The first-order valence-electron chi connectivity index (χ1n) is 11.3. The van der Waals surface area contributed by atoms with Crippen molar-refractivity contribution in [3.8, 4) is 0 Å². The fourth-order valence-corrected chi connectivity index (χ4v) is 4.12. The molecule has 4 rings (SSSR count). The average Bonchev–Trinajstić information content (AvgIpc) is 2.85. The summed E-state index contributed by atoms with van der Waals surface area (Å²) in [5, 5.41) is 10.8. The zero-order chi connectivity index (χ0) is 22.9. The van der Waals surface area contributed by atoms with Crippen LogP contribution in [0.25, 0.3) is 0 Å². The maximum absolute atomic E-state index is 12.9. The molecule has 0 heterocycles. The molecular weight excluding hydrogens is 416 g/mol. The molecule has 1 fully saturated rings. The highest BCUT2D eigenvalue weighted by atomic mass is 16.5. The van der Waals surface area contributed by atoms with Crippen LogP contribution >= 0.6 is 0 Å². The van der Waals surface area contributed by atoms with Crippen molar-refractivity contribution in [1.29, 1.82) is 0 Å². The first-order chi connectivity index (χ1) is 16.2. The third-order valence-corrected chi connectivity index (χ3v) is 5.92. The van der Waals surface area contributed by atoms with Gasteiger partial charge in [0.1, 0.15) is 6.10 Å². The SMILES string of the molecule is O=C1C[C@H](O)[C@H](COCc2ccccc2)[C@@H](OCc2ccccc2)[C@@H]1OCc1ccccc1. The second kappa shape index (κ2) is 11.9. The number of ether oxygens (including phenoxy) is 3. The molecule has 0 radical (unpaired) electrons. The molecule has 5 heteroatoms. The van der Waals surface area contributed by atoms with Crippen molar-refractivity contribution in [3.05, 3.63) is 108 Å². The molecule has 0 bridgehead atoms. The van der Waals surface area contributed by atoms with Crippen LogP contribution < -0.4 is 0 Å². The van der Waals surface area contributed by atoms with Crippen LogP contribution in [-0.4, -0.2) is 35.8 Å². The Morgan fingerprint density at radius 2 is 1.18 bits per heavy atom. The van der Waals surface area contributed by atoms with E-state index in [0.717, 1.165) is 16.7 Å². The lowest BCUT2D eigenvalue weighted by Gasteiger charge is -2.39. The minimum atomic E-state index is -0.842. The standard InChI is InChI=1S/C28H30O5/c29-25-16-26(30)28(33-19-23-14-8-3-9-15-23)27(32-18-22-12-6-2-7-13-22)24(25)20-31-17-21-10-4-1-5-11-21/h1-15,24-25,27-29H,16-20H2/t24-,25-,27+,28+/m0/s1. The van der Waals surface area contributed by atoms with Crippen molar-refractivity contribution in [3.63, 3.8) is 0 Å². The lowest BCUT2D eigenvalue weighted by molar-refractivity contribution is -0.179. The van der Waals surface area contributed by atoms with Crippen molar-refractivity contribution in [2.24, 2.45) is 5.92 Å². The maximum atomic E-state index is 12.9. The Bertz CT molecular complexity index is 977. The van der Waals surface area contributed by atoms with E-state index in [1.54, 1.807) is 0 Å². The number of hydrogen-bond donors (Lipinski definition) is 1. The number of aliphatic hydroxyl groups is 1. The Balaban J connectivity index is 1.47. The summed E-state index contributed by atoms with van der Waals surface area (Å²) in [4.78, 5) is 12.9. The summed E-state index contributed by atoms with van der Waals surface area (Å²) < 4.78 is 18.3. The summed E-state index contributed by atoms with van der Waals surface area (Å²) in [6, 6.07) is 29.4. The Kier molecular flexibility index (Phi) is 8.39. The fourth-order valence-electron chi connectivity index (χ4n) is 4.12. The summed E-state index contributed by atoms with van der Waals surface area (Å²) in [6.45, 7) is 1.33. The zero-order valence-electron chi connectivity index (χ0n) is 18.6. The minimum Gasteiger partial charge on any atom is -0.392 e. The number of hydrogen-bond acceptors (Lipinski definition) is 5. The van der Waals surface area contributed by atoms with Crippen LogP contribution in [0.15, 0.2) is 91.0 Å². The molecule has 3 aromatic rings. The molecule has 0 aliphatic heterocycles. The lowest BCUT2D eigenvalue weighted by Crippen LogP contribution is -2.54. The second-order valence-electron chi connectivity index (χ2n) is 8.38. The van der Waals surface area contributed by atoms with Gasteiger partial charge in [-0.3, -0.25) is 4.79 Å². The molecule has 1 N–H and O–H groups in total. The van der Waals surface area contributed by atoms with E-state index in [0.29, 0.717) is 19.8 Å². The summed E-state index contributed by atoms with van der Waals surface area (Å²) in [7, 11) is 0. The molecule has 0 aromatic heterocycles. The van der Waals surface area contributed by atoms with E-state index in [1.807, 2.05) is 91.0 Å². The molecule has 172 valence electrons. The van der Waals surface area contributed by atoms with E-state index < -0.39 is 18.3 Å². The van der Waals surface area contributed by atoms with Gasteiger partial charge in [0.05, 0.1) is 38.6 Å². The number of ketones is 1. The van der Waals surface area contributed by atoms with E-state index in [-0.39, 0.29) is 24.7 Å². The van der Waals surface area contributed by atoms with Crippen molar-refractivity contribution in [1.82, 2.24) is 0 Å². The van der Waals surface area contributed by atoms with Crippen LogP contribution in [0.4, 0.5) is 0 Å². The summed E-state index contributed by atoms with van der Waals surface area (Å²) >= 11 is 0. The van der Waals surface area contributed by atoms with Gasteiger partial charge in [-0.2, -0.15) is 0 Å². The highest BCUT2D eigenvalue weighted by Gasteiger charge is 2.45. The van der Waals surface area contributed by atoms with Gasteiger partial charge in [0.2, 0.25) is 0 Å². The van der Waals surface area contributed by atoms with Crippen molar-refractivity contribution < 1.29 is 24.1 Å². The maximum Gasteiger partial charge on any atom is 0.166 e. The van der Waals surface area contributed by atoms with E-state index in [9.17, 15) is 9.90 Å². The number of Topliss-reactive ketones (excluding diaryl/α,β-unsaturated/α-hetero) is 1. The largest absolute Gasteiger partial charge is 0.392 e. The van der Waals surface area contributed by atoms with Gasteiger partial charge in [-0.05, 0) is 16.7 Å². The van der Waals surface area contributed by atoms with Gasteiger partial charge in [-0.1, -0.05) is 91.0 Å². The number of carbonyl (C=O) groups is 1. The third kappa shape index (κ3) is 6.59. The fraction of sp³-hybridized carbons (Fsp3) is 0.321. The molecule has 0 unspecified atom stereocenters. The molecule has 33 heavy (non-hydrogen) atoms. The first kappa shape index (κ1) is 23.3. The molecule has 1 saturated carbocycles. The van der Waals surface area contributed by atoms with Gasteiger partial charge in [0.15, 0.2) is 5.78 Å². The van der Waals surface area contributed by atoms with Crippen LogP contribution in [0, 0.1) is 5.92 Å². The summed E-state index contributed by atoms with van der Waals surface area (Å²) in [6.07, 6.45) is -2.18. The van der Waals surface area contributed by atoms with E-state index in [2.05, 4.69) is 0 Å². The quantitative estimate of drug-likeness (QED) is 0.502. The van der Waals surface area contributed by atoms with Gasteiger partial charge >= 0.3 is 0 Å². The highest BCUT2D eigenvalue weighted by Crippen LogP contribution is 2.30. The monoisotopic (exact) mass is 446 g/mol. The number of benzene rings is 3. The van der Waals surface area contributed by atoms with Crippen LogP contribution in [0.3, 0.4) is 0 Å². The van der Waals surface area contributed by atoms with Crippen molar-refractivity contribution >= 4 is 5.78 Å². The minimum absolute atomic E-state index is 0.0318. The molecule has 0 spiro atoms. The topological polar surface area (TPSA) is 65.0 Å². The van der Waals surface area contributed by atoms with Crippen LogP contribution in [0.5, 0.6) is 0 Å². The third-order valence-electron chi connectivity index (χ3n) is 5.92. The van der Waals surface area contributed by atoms with E-state index in [4.69, 9.17) is 14.2 Å². The van der Waals surface area contributed by atoms with Gasteiger partial charge in [0, 0.05) is 12.3 Å². The molecule has 4 atom stereocenters. The Labute approximate surface area is 194 Å². The number of carbonyl (C=O) groups excluding carboxylic acids is 1. The predicted molar refractivity (Wildman–Crippen MR) is 125 cm³/mol. The van der Waals surface area contributed by atoms with Gasteiger partial charge < -0.3 is 19.3 Å². The predicted octanol–water partition coefficient (Wildman–Crippen LogP) is 4.32. The lowest BCUT2D eigenvalue weighted by atomic mass is 9.81. The first-order valence-corrected chi connectivity index (χ1v) is 11.3. The van der Waals surface area contributed by atoms with Crippen molar-refractivity contribution in [2.75, 3.05) is 6.61 Å². The Hall–Kier alpha value is -2.83. The molecule has 1 aliphatic carbocycles. The van der Waals surface area contributed by atoms with E-state index >= 15 is 0 Å². The summed E-state index contributed by atoms with van der Waals surface area (Å²) in [5.41, 5.74) is 3.03. The van der Waals surface area contributed by atoms with Gasteiger partial charge in [-0.15, -0.1) is 0 Å². The second-order valence-corrected chi connectivity index (χ2v) is 8.38. The van der Waals surface area contributed by atoms with Gasteiger partial charge in [-0.25, -0.2) is 0 Å². The molecular formula is C28H30O5. The van der Waals surface area contributed by atoms with Crippen LogP contribution in [0.1, 0.15) is 23.1 Å². The molecule has 0 saturated heterocycles. The van der Waals surface area contributed by atoms with E-state index in [1.165, 1.54) is 0 Å².